The van der Waals surface area contributed by atoms with Crippen molar-refractivity contribution in [2.45, 2.75) is 19.3 Å². The molecule has 1 aliphatic rings. The van der Waals surface area contributed by atoms with Crippen LogP contribution < -0.4 is 11.5 Å². The number of rotatable bonds is 4. The summed E-state index contributed by atoms with van der Waals surface area (Å²) in [6.07, 6.45) is 3.70. The van der Waals surface area contributed by atoms with E-state index in [1.165, 1.54) is 33.0 Å². The predicted octanol–water partition coefficient (Wildman–Crippen LogP) is 8.27. The molecule has 4 N–H and O–H groups in total. The summed E-state index contributed by atoms with van der Waals surface area (Å²) in [7, 11) is 0. The molecule has 0 aromatic heterocycles. The van der Waals surface area contributed by atoms with Gasteiger partial charge < -0.3 is 11.5 Å². The molecule has 5 aromatic carbocycles. The Hall–Kier alpha value is -4.56. The third-order valence-electron chi connectivity index (χ3n) is 8.05. The maximum Gasteiger partial charge on any atom is 0.0714 e. The van der Waals surface area contributed by atoms with Gasteiger partial charge in [0.25, 0.3) is 0 Å². The number of hydrogen-bond donors (Lipinski definition) is 2. The van der Waals surface area contributed by atoms with Crippen molar-refractivity contribution in [3.8, 4) is 11.1 Å². The lowest BCUT2D eigenvalue weighted by molar-refractivity contribution is 0.767. The van der Waals surface area contributed by atoms with Gasteiger partial charge in [0.1, 0.15) is 0 Å². The summed E-state index contributed by atoms with van der Waals surface area (Å²) < 4.78 is 0. The Kier molecular flexibility index (Phi) is 5.10. The van der Waals surface area contributed by atoms with E-state index in [2.05, 4.69) is 112 Å². The lowest BCUT2D eigenvalue weighted by Crippen LogP contribution is -2.29. The lowest BCUT2D eigenvalue weighted by atomic mass is 9.66. The van der Waals surface area contributed by atoms with Gasteiger partial charge in [-0.3, -0.25) is 0 Å². The first kappa shape index (κ1) is 22.9. The fraction of sp³-hybridized carbons (Fsp3) is 0.0857. The van der Waals surface area contributed by atoms with Gasteiger partial charge in [-0.1, -0.05) is 86.0 Å². The summed E-state index contributed by atoms with van der Waals surface area (Å²) in [5.41, 5.74) is 25.2. The zero-order valence-electron chi connectivity index (χ0n) is 21.3. The van der Waals surface area contributed by atoms with Gasteiger partial charge >= 0.3 is 0 Å². The van der Waals surface area contributed by atoms with Crippen LogP contribution in [0.15, 0.2) is 98.1 Å². The average molecular weight is 479 g/mol. The zero-order chi connectivity index (χ0) is 25.9. The van der Waals surface area contributed by atoms with E-state index in [-0.39, 0.29) is 0 Å². The summed E-state index contributed by atoms with van der Waals surface area (Å²) in [4.78, 5) is 0. The number of hydrogen-bond acceptors (Lipinski definition) is 2. The van der Waals surface area contributed by atoms with Gasteiger partial charge in [0, 0.05) is 11.4 Å². The molecule has 0 spiro atoms. The largest absolute Gasteiger partial charge is 0.398 e. The number of nitrogens with two attached hydrogens (primary N) is 2. The van der Waals surface area contributed by atoms with E-state index in [0.717, 1.165) is 44.8 Å². The Balaban J connectivity index is 1.86. The molecule has 37 heavy (non-hydrogen) atoms. The minimum Gasteiger partial charge on any atom is -0.398 e. The fourth-order valence-electron chi connectivity index (χ4n) is 6.17. The van der Waals surface area contributed by atoms with Crippen LogP contribution in [0.2, 0.25) is 0 Å². The first-order valence-corrected chi connectivity index (χ1v) is 12.6. The maximum atomic E-state index is 6.49. The van der Waals surface area contributed by atoms with Crippen LogP contribution in [0.25, 0.3) is 34.1 Å². The van der Waals surface area contributed by atoms with Crippen LogP contribution in [-0.2, 0) is 5.41 Å². The molecule has 2 heteroatoms. The van der Waals surface area contributed by atoms with Crippen LogP contribution in [0, 0.1) is 13.8 Å². The smallest absolute Gasteiger partial charge is 0.0714 e. The monoisotopic (exact) mass is 478 g/mol. The Morgan fingerprint density at radius 1 is 0.595 bits per heavy atom. The normalized spacial score (nSPS) is 13.2. The van der Waals surface area contributed by atoms with E-state index in [1.807, 2.05) is 12.2 Å². The summed E-state index contributed by atoms with van der Waals surface area (Å²) >= 11 is 0. The van der Waals surface area contributed by atoms with Gasteiger partial charge in [-0.2, -0.15) is 0 Å². The molecule has 0 amide bonds. The van der Waals surface area contributed by atoms with E-state index in [1.54, 1.807) is 0 Å². The standard InChI is InChI=1S/C35H30N2/c1-5-23-17-27(15-21(3)33(23)36)35(28-16-22(4)34(37)24(6-2)18-28)31-14-10-9-13-29(31)30-19-25-11-7-8-12-26(25)20-32(30)35/h5-20H,1-2,36-37H2,3-4H3. The summed E-state index contributed by atoms with van der Waals surface area (Å²) in [6, 6.07) is 30.9. The second kappa shape index (κ2) is 8.25. The van der Waals surface area contributed by atoms with Crippen molar-refractivity contribution in [2.24, 2.45) is 0 Å². The molecule has 6 rings (SSSR count). The highest BCUT2D eigenvalue weighted by Crippen LogP contribution is 2.57. The third kappa shape index (κ3) is 3.12. The highest BCUT2D eigenvalue weighted by molar-refractivity contribution is 5.96. The van der Waals surface area contributed by atoms with Crippen molar-refractivity contribution in [3.63, 3.8) is 0 Å². The number of fused-ring (bicyclic) bond motifs is 4. The fourth-order valence-corrected chi connectivity index (χ4v) is 6.17. The van der Waals surface area contributed by atoms with Crippen molar-refractivity contribution in [2.75, 3.05) is 11.5 Å². The topological polar surface area (TPSA) is 52.0 Å². The second-order valence-electron chi connectivity index (χ2n) is 10.0. The zero-order valence-corrected chi connectivity index (χ0v) is 21.3. The third-order valence-corrected chi connectivity index (χ3v) is 8.05. The van der Waals surface area contributed by atoms with Gasteiger partial charge in [0.2, 0.25) is 0 Å². The van der Waals surface area contributed by atoms with Gasteiger partial charge in [0.15, 0.2) is 0 Å². The van der Waals surface area contributed by atoms with Crippen molar-refractivity contribution in [1.82, 2.24) is 0 Å². The second-order valence-corrected chi connectivity index (χ2v) is 10.0. The summed E-state index contributed by atoms with van der Waals surface area (Å²) in [5.74, 6) is 0. The quantitative estimate of drug-likeness (QED) is 0.251. The van der Waals surface area contributed by atoms with Crippen LogP contribution in [0.4, 0.5) is 11.4 Å². The highest BCUT2D eigenvalue weighted by Gasteiger charge is 2.46. The number of nitrogen functional groups attached to an aromatic ring is 2. The Bertz CT molecular complexity index is 1690. The Morgan fingerprint density at radius 2 is 1.11 bits per heavy atom. The molecule has 0 fully saturated rings. The van der Waals surface area contributed by atoms with Crippen molar-refractivity contribution < 1.29 is 0 Å². The van der Waals surface area contributed by atoms with Crippen LogP contribution in [-0.4, -0.2) is 0 Å². The summed E-state index contributed by atoms with van der Waals surface area (Å²) in [6.45, 7) is 12.3. The number of anilines is 2. The Labute approximate surface area is 218 Å². The number of benzene rings is 5. The lowest BCUT2D eigenvalue weighted by Gasteiger charge is -2.35. The molecule has 0 aliphatic heterocycles. The van der Waals surface area contributed by atoms with Crippen molar-refractivity contribution >= 4 is 34.3 Å². The van der Waals surface area contributed by atoms with Crippen molar-refractivity contribution in [3.05, 3.63) is 143 Å². The van der Waals surface area contributed by atoms with Gasteiger partial charge in [-0.05, 0) is 105 Å². The van der Waals surface area contributed by atoms with Gasteiger partial charge in [-0.15, -0.1) is 0 Å². The molecule has 0 unspecified atom stereocenters. The van der Waals surface area contributed by atoms with Crippen LogP contribution in [0.3, 0.4) is 0 Å². The molecule has 0 saturated carbocycles. The molecule has 2 nitrogen and oxygen atoms in total. The molecular formula is C35H30N2. The predicted molar refractivity (Wildman–Crippen MR) is 160 cm³/mol. The van der Waals surface area contributed by atoms with E-state index < -0.39 is 5.41 Å². The minimum atomic E-state index is -0.567. The molecule has 5 aromatic rings. The van der Waals surface area contributed by atoms with E-state index >= 15 is 0 Å². The van der Waals surface area contributed by atoms with E-state index in [9.17, 15) is 0 Å². The molecule has 1 aliphatic carbocycles. The van der Waals surface area contributed by atoms with Crippen LogP contribution >= 0.6 is 0 Å². The molecule has 0 atom stereocenters. The Morgan fingerprint density at radius 3 is 1.68 bits per heavy atom. The van der Waals surface area contributed by atoms with Crippen LogP contribution in [0.5, 0.6) is 0 Å². The SMILES string of the molecule is C=Cc1cc(C2(c3cc(C)c(N)c(C=C)c3)c3ccccc3-c3cc4ccccc4cc32)cc(C)c1N. The molecule has 180 valence electrons. The van der Waals surface area contributed by atoms with E-state index in [4.69, 9.17) is 11.5 Å². The van der Waals surface area contributed by atoms with Crippen LogP contribution in [0.1, 0.15) is 44.5 Å². The molecular weight excluding hydrogens is 448 g/mol. The van der Waals surface area contributed by atoms with E-state index in [0.29, 0.717) is 0 Å². The molecule has 0 radical (unpaired) electrons. The van der Waals surface area contributed by atoms with Gasteiger partial charge in [0.05, 0.1) is 5.41 Å². The maximum absolute atomic E-state index is 6.49. The minimum absolute atomic E-state index is 0.567. The highest BCUT2D eigenvalue weighted by atomic mass is 14.6. The summed E-state index contributed by atoms with van der Waals surface area (Å²) in [5, 5.41) is 2.44. The number of aryl methyl sites for hydroxylation is 2. The molecule has 0 saturated heterocycles. The molecule has 0 bridgehead atoms. The first-order chi connectivity index (χ1) is 17.9. The molecule has 0 heterocycles. The first-order valence-electron chi connectivity index (χ1n) is 12.6. The average Bonchev–Trinajstić information content (AvgIpc) is 3.20. The van der Waals surface area contributed by atoms with Crippen molar-refractivity contribution in [1.29, 1.82) is 0 Å². The van der Waals surface area contributed by atoms with Gasteiger partial charge in [-0.25, -0.2) is 0 Å².